The first-order valence-corrected chi connectivity index (χ1v) is 10.1. The Morgan fingerprint density at radius 3 is 2.89 bits per heavy atom. The highest BCUT2D eigenvalue weighted by Gasteiger charge is 2.26. The molecule has 3 aromatic rings. The van der Waals surface area contributed by atoms with E-state index in [0.717, 1.165) is 17.7 Å². The van der Waals surface area contributed by atoms with Crippen LogP contribution in [0.25, 0.3) is 10.2 Å². The molecule has 10 heteroatoms. The molecule has 4 rings (SSSR count). The molecule has 141 valence electrons. The van der Waals surface area contributed by atoms with E-state index in [1.807, 2.05) is 12.1 Å². The maximum Gasteiger partial charge on any atom is 0.329 e. The van der Waals surface area contributed by atoms with Crippen molar-refractivity contribution >= 4 is 57.3 Å². The van der Waals surface area contributed by atoms with Gasteiger partial charge in [-0.05, 0) is 35.3 Å². The number of thioether (sulfide) groups is 1. The normalized spacial score (nSPS) is 16.2. The molecule has 0 fully saturated rings. The highest BCUT2D eigenvalue weighted by Crippen LogP contribution is 2.31. The largest absolute Gasteiger partial charge is 0.489 e. The summed E-state index contributed by atoms with van der Waals surface area (Å²) in [5, 5.41) is 19.3. The summed E-state index contributed by atoms with van der Waals surface area (Å²) < 4.78 is 20.3. The second-order valence-corrected chi connectivity index (χ2v) is 8.06. The van der Waals surface area contributed by atoms with Gasteiger partial charge in [0.25, 0.3) is 0 Å². The van der Waals surface area contributed by atoms with Gasteiger partial charge in [-0.25, -0.2) is 14.2 Å². The fourth-order valence-corrected chi connectivity index (χ4v) is 4.73. The first-order chi connectivity index (χ1) is 13.5. The number of carbonyl (C=O) groups is 1. The lowest BCUT2D eigenvalue weighted by molar-refractivity contribution is -0.137. The average Bonchev–Trinajstić information content (AvgIpc) is 3.33. The molecule has 2 heterocycles. The third-order valence-corrected chi connectivity index (χ3v) is 6.30. The fourth-order valence-electron chi connectivity index (χ4n) is 2.64. The molecule has 1 aliphatic rings. The van der Waals surface area contributed by atoms with Gasteiger partial charge in [0.15, 0.2) is 6.04 Å². The van der Waals surface area contributed by atoms with Gasteiger partial charge in [0.05, 0.1) is 10.2 Å². The molecule has 0 unspecified atom stereocenters. The number of fused-ring (bicyclic) bond motifs is 1. The van der Waals surface area contributed by atoms with E-state index in [9.17, 15) is 9.18 Å². The molecule has 1 aromatic heterocycles. The standard InChI is InChI=1S/C18H13BFN2O4S2/c20-12-5-9(1-3-11(12)19-25)7-26-10-2-4-13-15(6-10)28-17(21-13)16-22-14(8-27-16)18(23)24/h1-6,14,25H,7-8H2,(H,23,24)/t14-/m1/s1. The molecule has 0 aliphatic carbocycles. The van der Waals surface area contributed by atoms with E-state index >= 15 is 0 Å². The van der Waals surface area contributed by atoms with E-state index in [0.29, 0.717) is 27.1 Å². The van der Waals surface area contributed by atoms with Crippen LogP contribution in [0.15, 0.2) is 41.4 Å². The number of carboxylic acid groups (broad SMARTS) is 1. The van der Waals surface area contributed by atoms with Crippen LogP contribution in [0, 0.1) is 5.82 Å². The maximum absolute atomic E-state index is 13.7. The predicted octanol–water partition coefficient (Wildman–Crippen LogP) is 2.20. The van der Waals surface area contributed by atoms with Crippen LogP contribution in [0.1, 0.15) is 10.6 Å². The Morgan fingerprint density at radius 2 is 2.18 bits per heavy atom. The molecule has 0 amide bonds. The summed E-state index contributed by atoms with van der Waals surface area (Å²) in [4.78, 5) is 19.8. The number of rotatable bonds is 6. The van der Waals surface area contributed by atoms with Gasteiger partial charge < -0.3 is 14.9 Å². The molecular weight excluding hydrogens is 402 g/mol. The number of carboxylic acids is 1. The quantitative estimate of drug-likeness (QED) is 0.600. The third kappa shape index (κ3) is 3.89. The van der Waals surface area contributed by atoms with Gasteiger partial charge in [-0.1, -0.05) is 12.1 Å². The van der Waals surface area contributed by atoms with E-state index in [-0.39, 0.29) is 12.1 Å². The van der Waals surface area contributed by atoms with Crippen LogP contribution in [0.2, 0.25) is 0 Å². The van der Waals surface area contributed by atoms with Crippen LogP contribution in [0.4, 0.5) is 4.39 Å². The van der Waals surface area contributed by atoms with Gasteiger partial charge in [-0.2, -0.15) is 0 Å². The second-order valence-electron chi connectivity index (χ2n) is 6.02. The Hall–Kier alpha value is -2.43. The monoisotopic (exact) mass is 415 g/mol. The summed E-state index contributed by atoms with van der Waals surface area (Å²) in [6.45, 7) is 0.183. The zero-order valence-electron chi connectivity index (χ0n) is 14.3. The van der Waals surface area contributed by atoms with Gasteiger partial charge >= 0.3 is 13.5 Å². The molecule has 6 nitrogen and oxygen atoms in total. The topological polar surface area (TPSA) is 92.0 Å². The number of halogens is 1. The zero-order chi connectivity index (χ0) is 19.7. The summed E-state index contributed by atoms with van der Waals surface area (Å²) in [6.07, 6.45) is 0. The van der Waals surface area contributed by atoms with Crippen molar-refractivity contribution in [3.05, 3.63) is 52.8 Å². The van der Waals surface area contributed by atoms with Crippen molar-refractivity contribution in [2.24, 2.45) is 4.99 Å². The lowest BCUT2D eigenvalue weighted by Crippen LogP contribution is -2.18. The van der Waals surface area contributed by atoms with Crippen molar-refractivity contribution < 1.29 is 24.1 Å². The van der Waals surface area contributed by atoms with Crippen LogP contribution in [-0.4, -0.2) is 45.4 Å². The van der Waals surface area contributed by atoms with Gasteiger partial charge in [-0.15, -0.1) is 23.1 Å². The van der Waals surface area contributed by atoms with Crippen molar-refractivity contribution in [1.82, 2.24) is 4.98 Å². The number of nitrogens with zero attached hydrogens (tertiary/aromatic N) is 2. The second kappa shape index (κ2) is 7.90. The van der Waals surface area contributed by atoms with Crippen molar-refractivity contribution in [3.63, 3.8) is 0 Å². The molecule has 0 bridgehead atoms. The van der Waals surface area contributed by atoms with Gasteiger partial charge in [-0.3, -0.25) is 4.99 Å². The third-order valence-electron chi connectivity index (χ3n) is 4.09. The molecule has 2 aromatic carbocycles. The number of aliphatic imine (C=N–C) groups is 1. The first-order valence-electron chi connectivity index (χ1n) is 8.26. The van der Waals surface area contributed by atoms with Gasteiger partial charge in [0, 0.05) is 5.75 Å². The number of ether oxygens (including phenoxy) is 1. The number of aromatic nitrogens is 1. The minimum Gasteiger partial charge on any atom is -0.489 e. The van der Waals surface area contributed by atoms with Crippen molar-refractivity contribution in [2.75, 3.05) is 5.75 Å². The van der Waals surface area contributed by atoms with Crippen LogP contribution in [-0.2, 0) is 11.4 Å². The lowest BCUT2D eigenvalue weighted by Gasteiger charge is -2.07. The van der Waals surface area contributed by atoms with Crippen LogP contribution in [0.3, 0.4) is 0 Å². The first kappa shape index (κ1) is 18.9. The Bertz CT molecular complexity index is 1090. The van der Waals surface area contributed by atoms with E-state index in [1.54, 1.807) is 12.1 Å². The number of aliphatic carboxylic acids is 1. The number of hydrogen-bond acceptors (Lipinski definition) is 7. The van der Waals surface area contributed by atoms with Gasteiger partial charge in [0.2, 0.25) is 0 Å². The van der Waals surface area contributed by atoms with Crippen LogP contribution >= 0.6 is 23.1 Å². The molecule has 1 atom stereocenters. The fraction of sp³-hybridized carbons (Fsp3) is 0.167. The van der Waals surface area contributed by atoms with Crippen LogP contribution in [0.5, 0.6) is 5.75 Å². The minimum absolute atomic E-state index is 0.125. The molecule has 1 radical (unpaired) electrons. The zero-order valence-corrected chi connectivity index (χ0v) is 16.0. The van der Waals surface area contributed by atoms with Crippen molar-refractivity contribution in [2.45, 2.75) is 12.6 Å². The summed E-state index contributed by atoms with van der Waals surface area (Å²) in [5.74, 6) is -0.412. The Morgan fingerprint density at radius 1 is 1.32 bits per heavy atom. The minimum atomic E-state index is -0.930. The van der Waals surface area contributed by atoms with Gasteiger partial charge in [0.1, 0.15) is 28.2 Å². The number of hydrogen-bond donors (Lipinski definition) is 2. The Kier molecular flexibility index (Phi) is 5.34. The highest BCUT2D eigenvalue weighted by molar-refractivity contribution is 8.15. The van der Waals surface area contributed by atoms with E-state index in [2.05, 4.69) is 9.98 Å². The van der Waals surface area contributed by atoms with E-state index in [1.165, 1.54) is 35.2 Å². The Balaban J connectivity index is 1.50. The summed E-state index contributed by atoms with van der Waals surface area (Å²) in [6, 6.07) is 9.21. The number of thiazole rings is 1. The summed E-state index contributed by atoms with van der Waals surface area (Å²) in [7, 11) is 0.723. The molecule has 28 heavy (non-hydrogen) atoms. The molecule has 0 spiro atoms. The maximum atomic E-state index is 13.7. The molecular formula is C18H13BFN2O4S2. The smallest absolute Gasteiger partial charge is 0.329 e. The van der Waals surface area contributed by atoms with Crippen LogP contribution < -0.4 is 10.2 Å². The molecule has 2 N–H and O–H groups in total. The molecule has 0 saturated heterocycles. The van der Waals surface area contributed by atoms with Crippen molar-refractivity contribution in [1.29, 1.82) is 0 Å². The predicted molar refractivity (Wildman–Crippen MR) is 108 cm³/mol. The average molecular weight is 415 g/mol. The van der Waals surface area contributed by atoms with E-state index < -0.39 is 17.8 Å². The molecule has 0 saturated carbocycles. The SMILES string of the molecule is O=C(O)[C@H]1CSC(c2nc3ccc(OCc4ccc([B]O)c(F)c4)cc3s2)=N1. The Labute approximate surface area is 168 Å². The van der Waals surface area contributed by atoms with Crippen molar-refractivity contribution in [3.8, 4) is 5.75 Å². The highest BCUT2D eigenvalue weighted by atomic mass is 32.2. The van der Waals surface area contributed by atoms with E-state index in [4.69, 9.17) is 14.9 Å². The number of benzene rings is 2. The molecule has 1 aliphatic heterocycles. The summed E-state index contributed by atoms with van der Waals surface area (Å²) in [5.41, 5.74) is 1.55. The summed E-state index contributed by atoms with van der Waals surface area (Å²) >= 11 is 2.82. The lowest BCUT2D eigenvalue weighted by atomic mass is 9.87.